The van der Waals surface area contributed by atoms with Crippen LogP contribution in [0.4, 0.5) is 0 Å². The van der Waals surface area contributed by atoms with E-state index in [4.69, 9.17) is 5.11 Å². The minimum Gasteiger partial charge on any atom is -0.481 e. The molecule has 2 aliphatic rings. The zero-order chi connectivity index (χ0) is 8.82. The molecule has 0 aromatic heterocycles. The van der Waals surface area contributed by atoms with Crippen molar-refractivity contribution in [3.63, 3.8) is 0 Å². The highest BCUT2D eigenvalue weighted by Gasteiger charge is 2.57. The average Bonchev–Trinajstić information content (AvgIpc) is 2.61. The molecule has 0 aliphatic heterocycles. The molecule has 68 valence electrons. The Labute approximate surface area is 74.2 Å². The molecule has 12 heavy (non-hydrogen) atoms. The number of carbonyl (C=O) groups is 1. The van der Waals surface area contributed by atoms with E-state index in [9.17, 15) is 4.79 Å². The largest absolute Gasteiger partial charge is 0.481 e. The molecule has 1 atom stereocenters. The van der Waals surface area contributed by atoms with Crippen LogP contribution < -0.4 is 5.09 Å². The van der Waals surface area contributed by atoms with Crippen LogP contribution in [0.3, 0.4) is 0 Å². The van der Waals surface area contributed by atoms with Gasteiger partial charge in [0.2, 0.25) is 0 Å². The van der Waals surface area contributed by atoms with Gasteiger partial charge in [-0.2, -0.15) is 0 Å². The molecule has 0 radical (unpaired) electrons. The fraction of sp³-hybridized carbons (Fsp3) is 0.875. The summed E-state index contributed by atoms with van der Waals surface area (Å²) >= 11 is 0. The number of nitrogens with one attached hydrogen (secondary N) is 1. The normalized spacial score (nSPS) is 45.1. The summed E-state index contributed by atoms with van der Waals surface area (Å²) in [7, 11) is 2.53. The molecule has 2 bridgehead atoms. The lowest BCUT2D eigenvalue weighted by Crippen LogP contribution is -2.33. The second-order valence-electron chi connectivity index (χ2n) is 4.19. The van der Waals surface area contributed by atoms with Crippen molar-refractivity contribution in [3.8, 4) is 0 Å². The molecule has 4 heteroatoms. The first-order valence-corrected chi connectivity index (χ1v) is 4.92. The predicted octanol–water partition coefficient (Wildman–Crippen LogP) is 1.15. The summed E-state index contributed by atoms with van der Waals surface area (Å²) in [5, 5.41) is 12.3. The molecule has 2 rings (SSSR count). The average molecular weight is 187 g/mol. The van der Waals surface area contributed by atoms with Crippen LogP contribution in [0.5, 0.6) is 0 Å². The standard InChI is InChI=1S/C8H14NO2P/c10-6(11)7-1-3-8(5-7,9-12)4-2-7/h9H,1-5,12H2,(H,10,11). The summed E-state index contributed by atoms with van der Waals surface area (Å²) in [6.45, 7) is 0. The first-order chi connectivity index (χ1) is 5.63. The lowest BCUT2D eigenvalue weighted by molar-refractivity contribution is -0.148. The van der Waals surface area contributed by atoms with Crippen LogP contribution in [0.15, 0.2) is 0 Å². The Bertz CT molecular complexity index is 221. The SMILES string of the molecule is O=C(O)C12CCC(NP)(CC1)C2. The number of carboxylic acids is 1. The van der Waals surface area contributed by atoms with Crippen molar-refractivity contribution in [2.45, 2.75) is 37.6 Å². The van der Waals surface area contributed by atoms with Gasteiger partial charge in [0.1, 0.15) is 0 Å². The third-order valence-electron chi connectivity index (χ3n) is 3.60. The second kappa shape index (κ2) is 2.43. The van der Waals surface area contributed by atoms with Crippen LogP contribution in [-0.4, -0.2) is 16.6 Å². The van der Waals surface area contributed by atoms with Gasteiger partial charge in [-0.15, -0.1) is 0 Å². The minimum atomic E-state index is -0.595. The van der Waals surface area contributed by atoms with Crippen molar-refractivity contribution in [1.82, 2.24) is 5.09 Å². The van der Waals surface area contributed by atoms with Gasteiger partial charge in [0.05, 0.1) is 5.41 Å². The Morgan fingerprint density at radius 2 is 1.92 bits per heavy atom. The van der Waals surface area contributed by atoms with Crippen LogP contribution in [0, 0.1) is 5.41 Å². The maximum atomic E-state index is 11.0. The van der Waals surface area contributed by atoms with Crippen molar-refractivity contribution < 1.29 is 9.90 Å². The van der Waals surface area contributed by atoms with Gasteiger partial charge in [-0.05, 0) is 32.1 Å². The summed E-state index contributed by atoms with van der Waals surface area (Å²) in [4.78, 5) is 11.0. The zero-order valence-electron chi connectivity index (χ0n) is 6.97. The lowest BCUT2D eigenvalue weighted by atomic mass is 9.84. The molecule has 0 heterocycles. The highest BCUT2D eigenvalue weighted by molar-refractivity contribution is 7.13. The topological polar surface area (TPSA) is 49.3 Å². The van der Waals surface area contributed by atoms with E-state index < -0.39 is 5.97 Å². The van der Waals surface area contributed by atoms with E-state index in [0.717, 1.165) is 32.1 Å². The molecule has 0 aromatic carbocycles. The van der Waals surface area contributed by atoms with E-state index in [1.54, 1.807) is 0 Å². The fourth-order valence-electron chi connectivity index (χ4n) is 2.69. The Morgan fingerprint density at radius 3 is 2.17 bits per heavy atom. The molecule has 0 amide bonds. The summed E-state index contributed by atoms with van der Waals surface area (Å²) in [6, 6.07) is 0. The van der Waals surface area contributed by atoms with E-state index in [2.05, 4.69) is 14.5 Å². The third-order valence-corrected chi connectivity index (χ3v) is 4.21. The molecular formula is C8H14NO2P. The Morgan fingerprint density at radius 1 is 1.33 bits per heavy atom. The van der Waals surface area contributed by atoms with Gasteiger partial charge in [0.15, 0.2) is 0 Å². The van der Waals surface area contributed by atoms with Crippen LogP contribution in [0.1, 0.15) is 32.1 Å². The van der Waals surface area contributed by atoms with Crippen LogP contribution in [-0.2, 0) is 4.79 Å². The molecule has 1 unspecified atom stereocenters. The van der Waals surface area contributed by atoms with Gasteiger partial charge in [-0.3, -0.25) is 9.88 Å². The zero-order valence-corrected chi connectivity index (χ0v) is 8.12. The monoisotopic (exact) mass is 187 g/mol. The van der Waals surface area contributed by atoms with Gasteiger partial charge in [0, 0.05) is 5.54 Å². The van der Waals surface area contributed by atoms with Crippen molar-refractivity contribution >= 4 is 15.4 Å². The Balaban J connectivity index is 2.23. The molecular weight excluding hydrogens is 173 g/mol. The smallest absolute Gasteiger partial charge is 0.309 e. The van der Waals surface area contributed by atoms with Crippen LogP contribution >= 0.6 is 9.39 Å². The van der Waals surface area contributed by atoms with Crippen molar-refractivity contribution in [3.05, 3.63) is 0 Å². The number of fused-ring (bicyclic) bond motifs is 2. The number of hydrogen-bond acceptors (Lipinski definition) is 2. The van der Waals surface area contributed by atoms with Crippen LogP contribution in [0.25, 0.3) is 0 Å². The molecule has 2 saturated carbocycles. The lowest BCUT2D eigenvalue weighted by Gasteiger charge is -2.25. The molecule has 2 fully saturated rings. The quantitative estimate of drug-likeness (QED) is 0.637. The first-order valence-electron chi connectivity index (χ1n) is 4.34. The molecule has 2 N–H and O–H groups in total. The van der Waals surface area contributed by atoms with Crippen molar-refractivity contribution in [2.75, 3.05) is 0 Å². The van der Waals surface area contributed by atoms with E-state index in [1.165, 1.54) is 0 Å². The number of hydrogen-bond donors (Lipinski definition) is 2. The van der Waals surface area contributed by atoms with Gasteiger partial charge < -0.3 is 5.11 Å². The summed E-state index contributed by atoms with van der Waals surface area (Å²) in [5.74, 6) is -0.595. The fourth-order valence-corrected chi connectivity index (χ4v) is 3.08. The van der Waals surface area contributed by atoms with Gasteiger partial charge >= 0.3 is 5.97 Å². The van der Waals surface area contributed by atoms with Gasteiger partial charge in [-0.1, -0.05) is 9.39 Å². The molecule has 0 saturated heterocycles. The van der Waals surface area contributed by atoms with E-state index in [-0.39, 0.29) is 11.0 Å². The maximum Gasteiger partial charge on any atom is 0.309 e. The highest BCUT2D eigenvalue weighted by atomic mass is 31.0. The van der Waals surface area contributed by atoms with Gasteiger partial charge in [-0.25, -0.2) is 0 Å². The van der Waals surface area contributed by atoms with Crippen molar-refractivity contribution in [1.29, 1.82) is 0 Å². The Kier molecular flexibility index (Phi) is 1.71. The summed E-state index contributed by atoms with van der Waals surface area (Å²) in [5.41, 5.74) is -0.257. The number of aliphatic carboxylic acids is 1. The summed E-state index contributed by atoms with van der Waals surface area (Å²) < 4.78 is 0. The minimum absolute atomic E-state index is 0.128. The molecule has 0 aromatic rings. The van der Waals surface area contributed by atoms with Crippen LogP contribution in [0.2, 0.25) is 0 Å². The number of carboxylic acid groups (broad SMARTS) is 1. The second-order valence-corrected chi connectivity index (χ2v) is 4.48. The van der Waals surface area contributed by atoms with Crippen molar-refractivity contribution in [2.24, 2.45) is 5.41 Å². The highest BCUT2D eigenvalue weighted by Crippen LogP contribution is 2.56. The number of rotatable bonds is 2. The summed E-state index contributed by atoms with van der Waals surface area (Å²) in [6.07, 6.45) is 4.55. The molecule has 3 nitrogen and oxygen atoms in total. The molecule has 0 spiro atoms. The van der Waals surface area contributed by atoms with Gasteiger partial charge in [0.25, 0.3) is 0 Å². The van der Waals surface area contributed by atoms with E-state index in [0.29, 0.717) is 0 Å². The first kappa shape index (κ1) is 8.46. The third kappa shape index (κ3) is 0.929. The van der Waals surface area contributed by atoms with E-state index in [1.807, 2.05) is 0 Å². The Hall–Kier alpha value is -0.140. The predicted molar refractivity (Wildman–Crippen MR) is 48.7 cm³/mol. The molecule has 2 aliphatic carbocycles. The van der Waals surface area contributed by atoms with E-state index >= 15 is 0 Å². The maximum absolute atomic E-state index is 11.0.